The Balaban J connectivity index is 1.29. The number of nitrogens with one attached hydrogen (secondary N) is 1. The van der Waals surface area contributed by atoms with Gasteiger partial charge in [0.2, 0.25) is 5.91 Å². The fourth-order valence-electron chi connectivity index (χ4n) is 5.72. The van der Waals surface area contributed by atoms with Gasteiger partial charge in [-0.1, -0.05) is 54.6 Å². The molecule has 7 heteroatoms. The minimum atomic E-state index is -0.334. The van der Waals surface area contributed by atoms with Crippen LogP contribution in [-0.2, 0) is 25.5 Å². The number of nitrogen functional groups attached to an aromatic ring is 1. The van der Waals surface area contributed by atoms with Crippen molar-refractivity contribution >= 4 is 17.7 Å². The molecule has 4 rings (SSSR count). The SMILES string of the molecule is COC(=O)C[C@@H]1C[C@@H](COC2CCC(c3ccc(C(=N)N)cc3)CC2)N(CCCc2ccccc2)C1=O. The molecule has 2 aliphatic rings. The lowest BCUT2D eigenvalue weighted by Gasteiger charge is -2.31. The van der Waals surface area contributed by atoms with Gasteiger partial charge in [0.1, 0.15) is 5.84 Å². The second-order valence-electron chi connectivity index (χ2n) is 10.3. The summed E-state index contributed by atoms with van der Waals surface area (Å²) in [6, 6.07) is 18.3. The minimum absolute atomic E-state index is 0.00484. The van der Waals surface area contributed by atoms with Gasteiger partial charge in [-0.25, -0.2) is 0 Å². The molecule has 1 saturated heterocycles. The third-order valence-electron chi connectivity index (χ3n) is 7.87. The molecule has 7 nitrogen and oxygen atoms in total. The number of carbonyl (C=O) groups is 2. The van der Waals surface area contributed by atoms with Gasteiger partial charge in [-0.3, -0.25) is 15.0 Å². The molecule has 1 amide bonds. The van der Waals surface area contributed by atoms with Gasteiger partial charge in [-0.2, -0.15) is 0 Å². The lowest BCUT2D eigenvalue weighted by atomic mass is 9.82. The summed E-state index contributed by atoms with van der Waals surface area (Å²) in [5.41, 5.74) is 8.89. The van der Waals surface area contributed by atoms with E-state index < -0.39 is 0 Å². The second kappa shape index (κ2) is 12.9. The molecule has 1 saturated carbocycles. The molecule has 3 N–H and O–H groups in total. The average Bonchev–Trinajstić information content (AvgIpc) is 3.22. The number of hydrogen-bond donors (Lipinski definition) is 2. The Bertz CT molecular complexity index is 1050. The molecule has 0 bridgehead atoms. The maximum absolute atomic E-state index is 13.2. The van der Waals surface area contributed by atoms with Crippen LogP contribution in [0.25, 0.3) is 0 Å². The number of likely N-dealkylation sites (tertiary alicyclic amines) is 1. The molecular weight excluding hydrogens is 466 g/mol. The van der Waals surface area contributed by atoms with Crippen molar-refractivity contribution in [3.05, 3.63) is 71.3 Å². The van der Waals surface area contributed by atoms with Crippen molar-refractivity contribution in [2.75, 3.05) is 20.3 Å². The molecule has 0 spiro atoms. The zero-order valence-electron chi connectivity index (χ0n) is 21.7. The van der Waals surface area contributed by atoms with E-state index in [-0.39, 0.29) is 42.2 Å². The lowest BCUT2D eigenvalue weighted by molar-refractivity contribution is -0.145. The van der Waals surface area contributed by atoms with Crippen LogP contribution in [0.1, 0.15) is 67.6 Å². The molecule has 1 aliphatic heterocycles. The Morgan fingerprint density at radius 1 is 1.05 bits per heavy atom. The van der Waals surface area contributed by atoms with Gasteiger partial charge in [0.25, 0.3) is 0 Å². The smallest absolute Gasteiger partial charge is 0.306 e. The van der Waals surface area contributed by atoms with E-state index in [4.69, 9.17) is 20.6 Å². The summed E-state index contributed by atoms with van der Waals surface area (Å²) in [7, 11) is 1.37. The Morgan fingerprint density at radius 3 is 2.41 bits per heavy atom. The first kappa shape index (κ1) is 26.9. The number of esters is 1. The number of hydrogen-bond acceptors (Lipinski definition) is 5. The Hall–Kier alpha value is -3.19. The lowest BCUT2D eigenvalue weighted by Crippen LogP contribution is -2.39. The predicted octanol–water partition coefficient (Wildman–Crippen LogP) is 4.43. The molecule has 0 radical (unpaired) electrons. The zero-order valence-corrected chi connectivity index (χ0v) is 21.7. The van der Waals surface area contributed by atoms with Crippen LogP contribution < -0.4 is 5.73 Å². The molecule has 198 valence electrons. The van der Waals surface area contributed by atoms with Crippen LogP contribution in [-0.4, -0.2) is 55.0 Å². The fraction of sp³-hybridized carbons (Fsp3) is 0.500. The van der Waals surface area contributed by atoms with Crippen LogP contribution in [0.2, 0.25) is 0 Å². The number of carbonyl (C=O) groups excluding carboxylic acids is 2. The predicted molar refractivity (Wildman–Crippen MR) is 143 cm³/mol. The number of nitrogens with zero attached hydrogens (tertiary/aromatic N) is 1. The summed E-state index contributed by atoms with van der Waals surface area (Å²) < 4.78 is 11.2. The Morgan fingerprint density at radius 2 is 1.76 bits per heavy atom. The summed E-state index contributed by atoms with van der Waals surface area (Å²) in [4.78, 5) is 27.0. The first-order chi connectivity index (χ1) is 17.9. The number of benzene rings is 2. The highest BCUT2D eigenvalue weighted by molar-refractivity contribution is 5.94. The van der Waals surface area contributed by atoms with Gasteiger partial charge < -0.3 is 20.1 Å². The van der Waals surface area contributed by atoms with Crippen molar-refractivity contribution in [3.63, 3.8) is 0 Å². The fourth-order valence-corrected chi connectivity index (χ4v) is 5.72. The van der Waals surface area contributed by atoms with E-state index in [0.717, 1.165) is 44.1 Å². The van der Waals surface area contributed by atoms with E-state index in [0.29, 0.717) is 25.5 Å². The number of methoxy groups -OCH3 is 1. The molecule has 2 aromatic rings. The summed E-state index contributed by atoms with van der Waals surface area (Å²) in [5.74, 6) is -0.0279. The van der Waals surface area contributed by atoms with E-state index in [1.807, 2.05) is 35.2 Å². The van der Waals surface area contributed by atoms with Crippen molar-refractivity contribution < 1.29 is 19.1 Å². The van der Waals surface area contributed by atoms with Crippen LogP contribution in [0.15, 0.2) is 54.6 Å². The number of amides is 1. The zero-order chi connectivity index (χ0) is 26.2. The van der Waals surface area contributed by atoms with Gasteiger partial charge in [0, 0.05) is 12.1 Å². The van der Waals surface area contributed by atoms with Crippen LogP contribution in [0, 0.1) is 11.3 Å². The van der Waals surface area contributed by atoms with Gasteiger partial charge >= 0.3 is 5.97 Å². The van der Waals surface area contributed by atoms with Crippen molar-refractivity contribution in [1.82, 2.24) is 4.90 Å². The standard InChI is InChI=1S/C30H39N3O4/c1-36-28(34)19-25-18-26(33(30(25)35)17-5-8-21-6-3-2-4-7-21)20-37-27-15-13-23(14-16-27)22-9-11-24(12-10-22)29(31)32/h2-4,6-7,9-12,23,25-27H,5,8,13-20H2,1H3,(H3,31,32)/t23?,25-,26-,27?/m0/s1. The Labute approximate surface area is 219 Å². The number of amidine groups is 1. The van der Waals surface area contributed by atoms with E-state index in [1.165, 1.54) is 18.2 Å². The maximum atomic E-state index is 13.2. The average molecular weight is 506 g/mol. The number of ether oxygens (including phenoxy) is 2. The molecular formula is C30H39N3O4. The van der Waals surface area contributed by atoms with Crippen molar-refractivity contribution in [3.8, 4) is 0 Å². The summed E-state index contributed by atoms with van der Waals surface area (Å²) >= 11 is 0. The van der Waals surface area contributed by atoms with Crippen molar-refractivity contribution in [1.29, 1.82) is 5.41 Å². The van der Waals surface area contributed by atoms with Gasteiger partial charge in [0.05, 0.1) is 38.2 Å². The van der Waals surface area contributed by atoms with Crippen LogP contribution in [0.3, 0.4) is 0 Å². The molecule has 2 aromatic carbocycles. The second-order valence-corrected chi connectivity index (χ2v) is 10.3. The molecule has 37 heavy (non-hydrogen) atoms. The molecule has 1 heterocycles. The third-order valence-corrected chi connectivity index (χ3v) is 7.87. The quantitative estimate of drug-likeness (QED) is 0.267. The van der Waals surface area contributed by atoms with Crippen LogP contribution in [0.4, 0.5) is 0 Å². The number of nitrogens with two attached hydrogens (primary N) is 1. The molecule has 1 aliphatic carbocycles. The molecule has 2 atom stereocenters. The highest BCUT2D eigenvalue weighted by Crippen LogP contribution is 2.35. The normalized spacial score (nSPS) is 23.7. The van der Waals surface area contributed by atoms with Crippen LogP contribution >= 0.6 is 0 Å². The van der Waals surface area contributed by atoms with E-state index in [2.05, 4.69) is 24.3 Å². The highest BCUT2D eigenvalue weighted by Gasteiger charge is 2.40. The number of rotatable bonds is 11. The van der Waals surface area contributed by atoms with Gasteiger partial charge in [-0.15, -0.1) is 0 Å². The Kier molecular flexibility index (Phi) is 9.34. The first-order valence-corrected chi connectivity index (χ1v) is 13.4. The van der Waals surface area contributed by atoms with Gasteiger partial charge in [0.15, 0.2) is 0 Å². The maximum Gasteiger partial charge on any atom is 0.306 e. The largest absolute Gasteiger partial charge is 0.469 e. The summed E-state index contributed by atoms with van der Waals surface area (Å²) in [5, 5.41) is 7.57. The number of aryl methyl sites for hydroxylation is 1. The first-order valence-electron chi connectivity index (χ1n) is 13.4. The van der Waals surface area contributed by atoms with Gasteiger partial charge in [-0.05, 0) is 62.0 Å². The summed E-state index contributed by atoms with van der Waals surface area (Å²) in [6.45, 7) is 1.18. The van der Waals surface area contributed by atoms with Crippen molar-refractivity contribution in [2.45, 2.75) is 69.4 Å². The summed E-state index contributed by atoms with van der Waals surface area (Å²) in [6.07, 6.45) is 6.83. The highest BCUT2D eigenvalue weighted by atomic mass is 16.5. The molecule has 0 unspecified atom stereocenters. The minimum Gasteiger partial charge on any atom is -0.469 e. The van der Waals surface area contributed by atoms with Crippen molar-refractivity contribution in [2.24, 2.45) is 11.7 Å². The van der Waals surface area contributed by atoms with E-state index in [1.54, 1.807) is 0 Å². The van der Waals surface area contributed by atoms with E-state index >= 15 is 0 Å². The molecule has 2 fully saturated rings. The monoisotopic (exact) mass is 505 g/mol. The topological polar surface area (TPSA) is 106 Å². The van der Waals surface area contributed by atoms with E-state index in [9.17, 15) is 9.59 Å². The molecule has 0 aromatic heterocycles. The van der Waals surface area contributed by atoms with Crippen LogP contribution in [0.5, 0.6) is 0 Å². The third kappa shape index (κ3) is 7.19.